The van der Waals surface area contributed by atoms with Gasteiger partial charge in [-0.3, -0.25) is 0 Å². The molecule has 3 aromatic carbocycles. The van der Waals surface area contributed by atoms with Crippen molar-refractivity contribution in [3.05, 3.63) is 102 Å². The lowest BCUT2D eigenvalue weighted by molar-refractivity contribution is 0.168. The molecule has 2 atom stereocenters. The average Bonchev–Trinajstić information content (AvgIpc) is 2.63. The SMILES string of the molecule is Cc1ccccc1[C@@H](O)[C@H](c1ccccc1)[Si](C)(C)c1ccccc1. The molecule has 0 spiro atoms. The predicted molar refractivity (Wildman–Crippen MR) is 109 cm³/mol. The Morgan fingerprint density at radius 3 is 1.84 bits per heavy atom. The number of benzene rings is 3. The molecule has 25 heavy (non-hydrogen) atoms. The Hall–Kier alpha value is -2.16. The molecule has 0 unspecified atom stereocenters. The minimum absolute atomic E-state index is 0.0946. The second-order valence-electron chi connectivity index (χ2n) is 7.28. The van der Waals surface area contributed by atoms with E-state index in [2.05, 4.69) is 86.7 Å². The monoisotopic (exact) mass is 346 g/mol. The Morgan fingerprint density at radius 1 is 0.720 bits per heavy atom. The molecule has 3 rings (SSSR count). The first-order valence-corrected chi connectivity index (χ1v) is 11.9. The van der Waals surface area contributed by atoms with Gasteiger partial charge < -0.3 is 5.11 Å². The number of rotatable bonds is 5. The quantitative estimate of drug-likeness (QED) is 0.647. The van der Waals surface area contributed by atoms with Gasteiger partial charge >= 0.3 is 0 Å². The van der Waals surface area contributed by atoms with Crippen molar-refractivity contribution in [3.8, 4) is 0 Å². The van der Waals surface area contributed by atoms with Crippen molar-refractivity contribution in [2.45, 2.75) is 31.7 Å². The third-order valence-electron chi connectivity index (χ3n) is 5.28. The molecule has 0 saturated carbocycles. The maximum Gasteiger partial charge on any atom is 0.0914 e. The molecule has 1 N–H and O–H groups in total. The van der Waals surface area contributed by atoms with Crippen molar-refractivity contribution in [1.82, 2.24) is 0 Å². The van der Waals surface area contributed by atoms with Crippen LogP contribution in [0.5, 0.6) is 0 Å². The van der Waals surface area contributed by atoms with Gasteiger partial charge in [0.25, 0.3) is 0 Å². The molecular formula is C23H26OSi. The second-order valence-corrected chi connectivity index (χ2v) is 11.9. The van der Waals surface area contributed by atoms with Crippen LogP contribution < -0.4 is 5.19 Å². The maximum absolute atomic E-state index is 11.4. The average molecular weight is 347 g/mol. The van der Waals surface area contributed by atoms with Crippen LogP contribution in [0.2, 0.25) is 13.1 Å². The normalized spacial score (nSPS) is 14.1. The topological polar surface area (TPSA) is 20.2 Å². The van der Waals surface area contributed by atoms with Crippen LogP contribution >= 0.6 is 0 Å². The van der Waals surface area contributed by atoms with Crippen LogP contribution in [0.4, 0.5) is 0 Å². The van der Waals surface area contributed by atoms with E-state index in [0.29, 0.717) is 0 Å². The fourth-order valence-corrected chi connectivity index (χ4v) is 7.20. The summed E-state index contributed by atoms with van der Waals surface area (Å²) in [5.41, 5.74) is 3.50. The van der Waals surface area contributed by atoms with Crippen LogP contribution in [-0.4, -0.2) is 13.2 Å². The highest BCUT2D eigenvalue weighted by molar-refractivity contribution is 6.91. The number of aliphatic hydroxyl groups excluding tert-OH is 1. The van der Waals surface area contributed by atoms with Crippen molar-refractivity contribution >= 4 is 13.3 Å². The predicted octanol–water partition coefficient (Wildman–Crippen LogP) is 4.97. The van der Waals surface area contributed by atoms with Crippen LogP contribution in [0.1, 0.15) is 28.3 Å². The van der Waals surface area contributed by atoms with Gasteiger partial charge in [-0.1, -0.05) is 103 Å². The zero-order valence-corrected chi connectivity index (χ0v) is 16.2. The summed E-state index contributed by atoms with van der Waals surface area (Å²) in [7, 11) is -1.97. The number of hydrogen-bond donors (Lipinski definition) is 1. The molecule has 0 saturated heterocycles. The Labute approximate surface area is 152 Å². The van der Waals surface area contributed by atoms with Crippen LogP contribution in [0, 0.1) is 6.92 Å². The molecule has 0 bridgehead atoms. The molecule has 0 aromatic heterocycles. The van der Waals surface area contributed by atoms with Gasteiger partial charge in [-0.15, -0.1) is 0 Å². The lowest BCUT2D eigenvalue weighted by Crippen LogP contribution is -2.49. The van der Waals surface area contributed by atoms with Gasteiger partial charge in [0, 0.05) is 5.54 Å². The zero-order valence-electron chi connectivity index (χ0n) is 15.2. The molecule has 0 aliphatic heterocycles. The highest BCUT2D eigenvalue weighted by Crippen LogP contribution is 2.39. The van der Waals surface area contributed by atoms with E-state index in [1.54, 1.807) is 0 Å². The summed E-state index contributed by atoms with van der Waals surface area (Å²) in [5.74, 6) is 0. The smallest absolute Gasteiger partial charge is 0.0914 e. The van der Waals surface area contributed by atoms with Crippen LogP contribution in [0.25, 0.3) is 0 Å². The second kappa shape index (κ2) is 7.38. The third-order valence-corrected chi connectivity index (χ3v) is 9.30. The summed E-state index contributed by atoms with van der Waals surface area (Å²) in [6, 6.07) is 29.4. The Kier molecular flexibility index (Phi) is 5.21. The van der Waals surface area contributed by atoms with E-state index in [0.717, 1.165) is 11.1 Å². The van der Waals surface area contributed by atoms with Crippen molar-refractivity contribution < 1.29 is 5.11 Å². The summed E-state index contributed by atoms with van der Waals surface area (Å²) in [5, 5.41) is 12.8. The zero-order chi connectivity index (χ0) is 17.9. The summed E-state index contributed by atoms with van der Waals surface area (Å²) >= 11 is 0. The molecule has 128 valence electrons. The largest absolute Gasteiger partial charge is 0.388 e. The fourth-order valence-electron chi connectivity index (χ4n) is 3.80. The summed E-state index contributed by atoms with van der Waals surface area (Å²) in [6.45, 7) is 6.81. The summed E-state index contributed by atoms with van der Waals surface area (Å²) in [6.07, 6.45) is -0.509. The van der Waals surface area contributed by atoms with E-state index in [1.807, 2.05) is 18.2 Å². The van der Waals surface area contributed by atoms with Crippen molar-refractivity contribution in [3.63, 3.8) is 0 Å². The summed E-state index contributed by atoms with van der Waals surface area (Å²) < 4.78 is 0. The minimum Gasteiger partial charge on any atom is -0.388 e. The Morgan fingerprint density at radius 2 is 1.24 bits per heavy atom. The van der Waals surface area contributed by atoms with E-state index < -0.39 is 14.2 Å². The van der Waals surface area contributed by atoms with Gasteiger partial charge in [0.05, 0.1) is 14.2 Å². The maximum atomic E-state index is 11.4. The number of aliphatic hydroxyl groups is 1. The highest BCUT2D eigenvalue weighted by Gasteiger charge is 2.40. The highest BCUT2D eigenvalue weighted by atomic mass is 28.3. The first kappa shape index (κ1) is 17.7. The van der Waals surface area contributed by atoms with Crippen LogP contribution in [-0.2, 0) is 0 Å². The molecule has 1 nitrogen and oxygen atoms in total. The first-order chi connectivity index (χ1) is 12.0. The Bertz CT molecular complexity index is 812. The van der Waals surface area contributed by atoms with Gasteiger partial charge in [0.2, 0.25) is 0 Å². The minimum atomic E-state index is -1.97. The van der Waals surface area contributed by atoms with Gasteiger partial charge in [0.15, 0.2) is 0 Å². The van der Waals surface area contributed by atoms with Crippen LogP contribution in [0.15, 0.2) is 84.9 Å². The molecule has 0 aliphatic rings. The van der Waals surface area contributed by atoms with E-state index in [9.17, 15) is 5.11 Å². The standard InChI is InChI=1S/C23H26OSi/c1-18-12-10-11-17-21(18)22(24)23(19-13-6-4-7-14-19)25(2,3)20-15-8-5-9-16-20/h4-17,22-24H,1-3H3/t22-,23+/m1/s1. The molecule has 0 fully saturated rings. The lowest BCUT2D eigenvalue weighted by atomic mass is 9.97. The van der Waals surface area contributed by atoms with Gasteiger partial charge in [-0.05, 0) is 23.6 Å². The van der Waals surface area contributed by atoms with Gasteiger partial charge in [-0.25, -0.2) is 0 Å². The van der Waals surface area contributed by atoms with E-state index in [1.165, 1.54) is 10.8 Å². The Balaban J connectivity index is 2.12. The van der Waals surface area contributed by atoms with Crippen LogP contribution in [0.3, 0.4) is 0 Å². The van der Waals surface area contributed by atoms with E-state index >= 15 is 0 Å². The molecular weight excluding hydrogens is 320 g/mol. The number of aryl methyl sites for hydroxylation is 1. The third kappa shape index (κ3) is 3.60. The fraction of sp³-hybridized carbons (Fsp3) is 0.217. The van der Waals surface area contributed by atoms with Crippen molar-refractivity contribution in [2.24, 2.45) is 0 Å². The molecule has 0 heterocycles. The van der Waals surface area contributed by atoms with E-state index in [-0.39, 0.29) is 5.54 Å². The van der Waals surface area contributed by atoms with Gasteiger partial charge in [0.1, 0.15) is 0 Å². The first-order valence-electron chi connectivity index (χ1n) is 8.86. The molecule has 2 heteroatoms. The van der Waals surface area contributed by atoms with Gasteiger partial charge in [-0.2, -0.15) is 0 Å². The molecule has 0 radical (unpaired) electrons. The lowest BCUT2D eigenvalue weighted by Gasteiger charge is -2.37. The molecule has 3 aromatic rings. The van der Waals surface area contributed by atoms with Crippen molar-refractivity contribution in [1.29, 1.82) is 0 Å². The molecule has 0 aliphatic carbocycles. The molecule has 0 amide bonds. The number of hydrogen-bond acceptors (Lipinski definition) is 1. The van der Waals surface area contributed by atoms with Crippen molar-refractivity contribution in [2.75, 3.05) is 0 Å². The van der Waals surface area contributed by atoms with E-state index in [4.69, 9.17) is 0 Å². The summed E-state index contributed by atoms with van der Waals surface area (Å²) in [4.78, 5) is 0.